The van der Waals surface area contributed by atoms with Crippen molar-refractivity contribution in [1.29, 1.82) is 0 Å². The zero-order valence-electron chi connectivity index (χ0n) is 22.0. The van der Waals surface area contributed by atoms with E-state index in [4.69, 9.17) is 14.2 Å². The van der Waals surface area contributed by atoms with Gasteiger partial charge in [-0.1, -0.05) is 25.1 Å². The lowest BCUT2D eigenvalue weighted by atomic mass is 9.95. The van der Waals surface area contributed by atoms with Crippen LogP contribution in [0.3, 0.4) is 0 Å². The topological polar surface area (TPSA) is 109 Å². The van der Waals surface area contributed by atoms with Crippen LogP contribution in [-0.2, 0) is 14.3 Å². The van der Waals surface area contributed by atoms with E-state index in [0.29, 0.717) is 56.3 Å². The van der Waals surface area contributed by atoms with E-state index in [2.05, 4.69) is 4.90 Å². The highest BCUT2D eigenvalue weighted by atomic mass is 16.5. The molecular formula is C29H36N2O7. The van der Waals surface area contributed by atoms with Crippen LogP contribution in [0.15, 0.2) is 48.0 Å². The maximum atomic E-state index is 13.4. The molecule has 2 aromatic carbocycles. The number of hydrogen-bond acceptors (Lipinski definition) is 8. The second-order valence-corrected chi connectivity index (χ2v) is 9.34. The lowest BCUT2D eigenvalue weighted by Crippen LogP contribution is -2.38. The molecule has 1 atom stereocenters. The number of Topliss-reactive ketones (excluding diaryl/α,β-unsaturated/α-hetero) is 1. The molecule has 0 radical (unpaired) electrons. The van der Waals surface area contributed by atoms with Gasteiger partial charge in [-0.3, -0.25) is 14.5 Å². The number of ether oxygens (including phenoxy) is 3. The van der Waals surface area contributed by atoms with Crippen LogP contribution >= 0.6 is 0 Å². The number of aliphatic hydroxyl groups excluding tert-OH is 1. The van der Waals surface area contributed by atoms with Crippen molar-refractivity contribution in [2.75, 3.05) is 52.6 Å². The van der Waals surface area contributed by atoms with E-state index in [1.807, 2.05) is 6.92 Å². The Labute approximate surface area is 223 Å². The van der Waals surface area contributed by atoms with Crippen LogP contribution in [0.1, 0.15) is 43.9 Å². The molecule has 2 saturated heterocycles. The quantitative estimate of drug-likeness (QED) is 0.260. The number of amides is 1. The third kappa shape index (κ3) is 6.11. The number of carbonyl (C=O) groups excluding carboxylic acids is 2. The number of ketones is 1. The standard InChI is InChI=1S/C29H36N2O7/c1-3-15-38-22-8-5-7-21(18-22)27(33)25-26(20-9-10-23(32)24(19-20)37-4-2)31(29(35)28(25)34)12-6-11-30-13-16-36-17-14-30/h5,7-10,18-19,26,32-33H,3-4,6,11-17H2,1-2H3. The summed E-state index contributed by atoms with van der Waals surface area (Å²) >= 11 is 0. The largest absolute Gasteiger partial charge is 0.507 e. The molecule has 2 N–H and O–H groups in total. The van der Waals surface area contributed by atoms with Crippen LogP contribution in [0.5, 0.6) is 17.2 Å². The Bertz CT molecular complexity index is 1170. The van der Waals surface area contributed by atoms with E-state index < -0.39 is 17.7 Å². The first-order chi connectivity index (χ1) is 18.4. The molecule has 2 fully saturated rings. The molecule has 0 saturated carbocycles. The molecule has 1 unspecified atom stereocenters. The number of benzene rings is 2. The van der Waals surface area contributed by atoms with E-state index in [9.17, 15) is 19.8 Å². The van der Waals surface area contributed by atoms with Gasteiger partial charge in [-0.15, -0.1) is 0 Å². The molecule has 0 bridgehead atoms. The molecule has 2 heterocycles. The number of nitrogens with zero attached hydrogens (tertiary/aromatic N) is 2. The molecule has 0 aromatic heterocycles. The van der Waals surface area contributed by atoms with Crippen molar-refractivity contribution < 1.29 is 34.0 Å². The van der Waals surface area contributed by atoms with Gasteiger partial charge in [0.25, 0.3) is 11.7 Å². The van der Waals surface area contributed by atoms with Crippen molar-refractivity contribution in [1.82, 2.24) is 9.80 Å². The Kier molecular flexibility index (Phi) is 9.25. The van der Waals surface area contributed by atoms with Crippen molar-refractivity contribution in [2.45, 2.75) is 32.7 Å². The summed E-state index contributed by atoms with van der Waals surface area (Å²) in [6, 6.07) is 10.8. The van der Waals surface area contributed by atoms with Crippen molar-refractivity contribution in [3.8, 4) is 17.2 Å². The number of phenolic OH excluding ortho intramolecular Hbond substituents is 1. The number of carbonyl (C=O) groups is 2. The van der Waals surface area contributed by atoms with Crippen LogP contribution < -0.4 is 9.47 Å². The van der Waals surface area contributed by atoms with E-state index in [0.717, 1.165) is 26.1 Å². The highest BCUT2D eigenvalue weighted by Gasteiger charge is 2.46. The van der Waals surface area contributed by atoms with Crippen molar-refractivity contribution in [3.63, 3.8) is 0 Å². The summed E-state index contributed by atoms with van der Waals surface area (Å²) < 4.78 is 16.7. The van der Waals surface area contributed by atoms with E-state index in [1.54, 1.807) is 43.3 Å². The predicted molar refractivity (Wildman–Crippen MR) is 142 cm³/mol. The van der Waals surface area contributed by atoms with Crippen molar-refractivity contribution >= 4 is 17.4 Å². The monoisotopic (exact) mass is 524 g/mol. The van der Waals surface area contributed by atoms with Crippen LogP contribution in [0.25, 0.3) is 5.76 Å². The minimum absolute atomic E-state index is 0.00199. The van der Waals surface area contributed by atoms with Gasteiger partial charge in [0.2, 0.25) is 0 Å². The van der Waals surface area contributed by atoms with Crippen LogP contribution in [0.2, 0.25) is 0 Å². The van der Waals surface area contributed by atoms with Gasteiger partial charge in [-0.25, -0.2) is 0 Å². The molecule has 2 aromatic rings. The van der Waals surface area contributed by atoms with Crippen LogP contribution in [0.4, 0.5) is 0 Å². The predicted octanol–water partition coefficient (Wildman–Crippen LogP) is 3.72. The Morgan fingerprint density at radius 3 is 2.58 bits per heavy atom. The zero-order valence-corrected chi connectivity index (χ0v) is 22.0. The maximum Gasteiger partial charge on any atom is 0.295 e. The van der Waals surface area contributed by atoms with Gasteiger partial charge in [0.15, 0.2) is 11.5 Å². The van der Waals surface area contributed by atoms with Crippen molar-refractivity contribution in [2.24, 2.45) is 0 Å². The molecule has 1 amide bonds. The van der Waals surface area contributed by atoms with Crippen LogP contribution in [-0.4, -0.2) is 84.3 Å². The third-order valence-electron chi connectivity index (χ3n) is 6.70. The molecule has 0 spiro atoms. The van der Waals surface area contributed by atoms with Gasteiger partial charge < -0.3 is 29.3 Å². The summed E-state index contributed by atoms with van der Waals surface area (Å²) in [6.07, 6.45) is 1.48. The number of rotatable bonds is 11. The molecular weight excluding hydrogens is 488 g/mol. The normalized spacial score (nSPS) is 19.6. The minimum atomic E-state index is -0.834. The summed E-state index contributed by atoms with van der Waals surface area (Å²) in [5.41, 5.74) is 0.956. The SMILES string of the molecule is CCCOc1cccc(C(O)=C2C(=O)C(=O)N(CCCN3CCOCC3)C2c2ccc(O)c(OCC)c2)c1. The fourth-order valence-electron chi connectivity index (χ4n) is 4.83. The van der Waals surface area contributed by atoms with Gasteiger partial charge >= 0.3 is 0 Å². The van der Waals surface area contributed by atoms with E-state index in [1.165, 1.54) is 11.0 Å². The summed E-state index contributed by atoms with van der Waals surface area (Å²) in [6.45, 7) is 8.76. The summed E-state index contributed by atoms with van der Waals surface area (Å²) in [7, 11) is 0. The second-order valence-electron chi connectivity index (χ2n) is 9.34. The van der Waals surface area contributed by atoms with Crippen LogP contribution in [0, 0.1) is 0 Å². The average molecular weight is 525 g/mol. The summed E-state index contributed by atoms with van der Waals surface area (Å²) in [4.78, 5) is 30.4. The highest BCUT2D eigenvalue weighted by Crippen LogP contribution is 2.42. The summed E-state index contributed by atoms with van der Waals surface area (Å²) in [5, 5.41) is 21.6. The number of aromatic hydroxyl groups is 1. The van der Waals surface area contributed by atoms with E-state index in [-0.39, 0.29) is 22.8 Å². The number of aliphatic hydroxyl groups is 1. The van der Waals surface area contributed by atoms with E-state index >= 15 is 0 Å². The smallest absolute Gasteiger partial charge is 0.295 e. The highest BCUT2D eigenvalue weighted by molar-refractivity contribution is 6.46. The third-order valence-corrected chi connectivity index (χ3v) is 6.70. The number of phenols is 1. The van der Waals surface area contributed by atoms with Gasteiger partial charge in [-0.2, -0.15) is 0 Å². The minimum Gasteiger partial charge on any atom is -0.507 e. The average Bonchev–Trinajstić information content (AvgIpc) is 3.18. The zero-order chi connectivity index (χ0) is 27.1. The Hall–Kier alpha value is -3.56. The number of likely N-dealkylation sites (tertiary alicyclic amines) is 1. The van der Waals surface area contributed by atoms with Gasteiger partial charge in [0.1, 0.15) is 11.5 Å². The lowest BCUT2D eigenvalue weighted by Gasteiger charge is -2.29. The first-order valence-electron chi connectivity index (χ1n) is 13.2. The molecule has 2 aliphatic rings. The molecule has 9 nitrogen and oxygen atoms in total. The molecule has 2 aliphatic heterocycles. The van der Waals surface area contributed by atoms with Gasteiger partial charge in [0.05, 0.1) is 38.0 Å². The first-order valence-corrected chi connectivity index (χ1v) is 13.2. The molecule has 0 aliphatic carbocycles. The fraction of sp³-hybridized carbons (Fsp3) is 0.448. The molecule has 38 heavy (non-hydrogen) atoms. The number of morpholine rings is 1. The Morgan fingerprint density at radius 1 is 1.05 bits per heavy atom. The second kappa shape index (κ2) is 12.8. The maximum absolute atomic E-state index is 13.4. The summed E-state index contributed by atoms with van der Waals surface area (Å²) in [5.74, 6) is -0.903. The molecule has 9 heteroatoms. The first kappa shape index (κ1) is 27.5. The van der Waals surface area contributed by atoms with Crippen molar-refractivity contribution in [3.05, 3.63) is 59.2 Å². The fourth-order valence-corrected chi connectivity index (χ4v) is 4.83. The molecule has 204 valence electrons. The Balaban J connectivity index is 1.71. The van der Waals surface area contributed by atoms with Gasteiger partial charge in [-0.05, 0) is 49.6 Å². The number of hydrogen-bond donors (Lipinski definition) is 2. The Morgan fingerprint density at radius 2 is 1.84 bits per heavy atom. The molecule has 4 rings (SSSR count). The lowest BCUT2D eigenvalue weighted by molar-refractivity contribution is -0.140. The van der Waals surface area contributed by atoms with Gasteiger partial charge in [0, 0.05) is 31.7 Å².